The van der Waals surface area contributed by atoms with Gasteiger partial charge in [-0.1, -0.05) is 31.9 Å². The van der Waals surface area contributed by atoms with E-state index in [0.717, 1.165) is 19.3 Å². The second-order valence-corrected chi connectivity index (χ2v) is 8.67. The van der Waals surface area contributed by atoms with Crippen molar-refractivity contribution < 1.29 is 14.3 Å². The Morgan fingerprint density at radius 3 is 2.65 bits per heavy atom. The van der Waals surface area contributed by atoms with Gasteiger partial charge in [-0.2, -0.15) is 0 Å². The lowest BCUT2D eigenvalue weighted by Gasteiger charge is -2.22. The number of benzene rings is 1. The fourth-order valence-corrected chi connectivity index (χ4v) is 3.17. The third kappa shape index (κ3) is 8.78. The van der Waals surface area contributed by atoms with Gasteiger partial charge in [0.2, 0.25) is 5.91 Å². The van der Waals surface area contributed by atoms with Gasteiger partial charge in [0.05, 0.1) is 10.9 Å². The zero-order valence-corrected chi connectivity index (χ0v) is 18.9. The molecule has 0 saturated carbocycles. The van der Waals surface area contributed by atoms with Crippen LogP contribution in [-0.4, -0.2) is 40.2 Å². The second-order valence-electron chi connectivity index (χ2n) is 8.67. The van der Waals surface area contributed by atoms with E-state index in [2.05, 4.69) is 27.5 Å². The number of alkyl carbamates (subject to hydrolysis) is 1. The summed E-state index contributed by atoms with van der Waals surface area (Å²) in [4.78, 5) is 43.7. The van der Waals surface area contributed by atoms with Crippen LogP contribution in [-0.2, 0) is 16.0 Å². The van der Waals surface area contributed by atoms with Gasteiger partial charge in [-0.3, -0.25) is 9.59 Å². The van der Waals surface area contributed by atoms with Crippen molar-refractivity contribution in [3.8, 4) is 0 Å². The highest BCUT2D eigenvalue weighted by atomic mass is 16.6. The number of hydrogen-bond donors (Lipinski definition) is 3. The van der Waals surface area contributed by atoms with E-state index in [4.69, 9.17) is 4.74 Å². The highest BCUT2D eigenvalue weighted by Crippen LogP contribution is 2.09. The maximum Gasteiger partial charge on any atom is 0.407 e. The molecule has 2 aromatic rings. The van der Waals surface area contributed by atoms with Crippen molar-refractivity contribution in [2.45, 2.75) is 77.9 Å². The zero-order chi connectivity index (χ0) is 22.9. The smallest absolute Gasteiger partial charge is 0.407 e. The van der Waals surface area contributed by atoms with Crippen LogP contribution in [0.4, 0.5) is 4.79 Å². The van der Waals surface area contributed by atoms with Crippen LogP contribution in [0.3, 0.4) is 0 Å². The molecule has 8 nitrogen and oxygen atoms in total. The molecule has 2 amide bonds. The highest BCUT2D eigenvalue weighted by molar-refractivity contribution is 5.77. The van der Waals surface area contributed by atoms with Gasteiger partial charge in [0.25, 0.3) is 5.56 Å². The monoisotopic (exact) mass is 430 g/mol. The van der Waals surface area contributed by atoms with Crippen LogP contribution in [0.15, 0.2) is 29.1 Å². The maximum atomic E-state index is 12.4. The first kappa shape index (κ1) is 24.4. The number of carbonyl (C=O) groups excluding carboxylic acids is 2. The number of carbonyl (C=O) groups is 2. The lowest BCUT2D eigenvalue weighted by Crippen LogP contribution is -2.44. The van der Waals surface area contributed by atoms with Crippen molar-refractivity contribution >= 4 is 22.9 Å². The van der Waals surface area contributed by atoms with Crippen molar-refractivity contribution in [3.63, 3.8) is 0 Å². The molecule has 0 saturated heterocycles. The van der Waals surface area contributed by atoms with E-state index < -0.39 is 11.7 Å². The highest BCUT2D eigenvalue weighted by Gasteiger charge is 2.18. The number of rotatable bonds is 10. The van der Waals surface area contributed by atoms with E-state index >= 15 is 0 Å². The molecule has 0 aliphatic carbocycles. The Bertz CT molecular complexity index is 933. The quantitative estimate of drug-likeness (QED) is 0.534. The van der Waals surface area contributed by atoms with E-state index in [1.807, 2.05) is 6.07 Å². The third-order valence-corrected chi connectivity index (χ3v) is 4.64. The summed E-state index contributed by atoms with van der Waals surface area (Å²) in [5.41, 5.74) is -0.0826. The van der Waals surface area contributed by atoms with Gasteiger partial charge in [-0.05, 0) is 45.7 Å². The summed E-state index contributed by atoms with van der Waals surface area (Å²) in [6.07, 6.45) is 3.61. The molecule has 0 radical (unpaired) electrons. The summed E-state index contributed by atoms with van der Waals surface area (Å²) in [5.74, 6) is 0.487. The fourth-order valence-electron chi connectivity index (χ4n) is 3.17. The van der Waals surface area contributed by atoms with Crippen LogP contribution >= 0.6 is 0 Å². The lowest BCUT2D eigenvalue weighted by atomic mass is 10.1. The molecule has 0 fully saturated rings. The molecule has 170 valence electrons. The van der Waals surface area contributed by atoms with Crippen molar-refractivity contribution in [2.24, 2.45) is 0 Å². The molecular weight excluding hydrogens is 396 g/mol. The summed E-state index contributed by atoms with van der Waals surface area (Å²) in [7, 11) is 0. The number of para-hydroxylation sites is 1. The number of hydrogen-bond acceptors (Lipinski definition) is 5. The van der Waals surface area contributed by atoms with Crippen LogP contribution in [0.25, 0.3) is 10.9 Å². The van der Waals surface area contributed by atoms with Gasteiger partial charge in [0.1, 0.15) is 11.4 Å². The average molecular weight is 431 g/mol. The summed E-state index contributed by atoms with van der Waals surface area (Å²) in [5, 5.41) is 6.28. The van der Waals surface area contributed by atoms with Gasteiger partial charge < -0.3 is 20.4 Å². The minimum atomic E-state index is -0.565. The van der Waals surface area contributed by atoms with Gasteiger partial charge in [-0.15, -0.1) is 0 Å². The topological polar surface area (TPSA) is 113 Å². The molecule has 2 rings (SSSR count). The predicted octanol–water partition coefficient (Wildman–Crippen LogP) is 3.45. The van der Waals surface area contributed by atoms with Crippen LogP contribution in [0.2, 0.25) is 0 Å². The predicted molar refractivity (Wildman–Crippen MR) is 121 cm³/mol. The normalized spacial score (nSPS) is 12.4. The van der Waals surface area contributed by atoms with Crippen molar-refractivity contribution in [1.29, 1.82) is 0 Å². The molecule has 0 bridgehead atoms. The summed E-state index contributed by atoms with van der Waals surface area (Å²) in [6, 6.07) is 7.03. The Labute approximate surface area is 183 Å². The molecule has 0 unspecified atom stereocenters. The summed E-state index contributed by atoms with van der Waals surface area (Å²) in [6.45, 7) is 7.82. The largest absolute Gasteiger partial charge is 0.444 e. The standard InChI is InChI=1S/C23H34N4O4/c1-5-6-10-16(15-24-22(30)31-23(2,3)4)25-20(28)14-9-13-19-26-18-12-8-7-11-17(18)21(29)27-19/h7-8,11-12,16H,5-6,9-10,13-15H2,1-4H3,(H,24,30)(H,25,28)(H,26,27,29)/t16-/m0/s1. The molecule has 1 aromatic carbocycles. The molecule has 0 spiro atoms. The SMILES string of the molecule is CCCC[C@@H](CNC(=O)OC(C)(C)C)NC(=O)CCCc1nc2ccccc2c(=O)[nH]1. The van der Waals surface area contributed by atoms with Gasteiger partial charge in [0, 0.05) is 25.4 Å². The van der Waals surface area contributed by atoms with E-state index in [1.165, 1.54) is 0 Å². The van der Waals surface area contributed by atoms with Crippen LogP contribution < -0.4 is 16.2 Å². The van der Waals surface area contributed by atoms with Crippen molar-refractivity contribution in [3.05, 3.63) is 40.4 Å². The van der Waals surface area contributed by atoms with Gasteiger partial charge in [-0.25, -0.2) is 9.78 Å². The maximum absolute atomic E-state index is 12.4. The van der Waals surface area contributed by atoms with E-state index in [1.54, 1.807) is 39.0 Å². The minimum absolute atomic E-state index is 0.0878. The number of H-pyrrole nitrogens is 1. The van der Waals surface area contributed by atoms with E-state index in [9.17, 15) is 14.4 Å². The molecule has 1 heterocycles. The number of aryl methyl sites for hydroxylation is 1. The molecular formula is C23H34N4O4. The fraction of sp³-hybridized carbons (Fsp3) is 0.565. The van der Waals surface area contributed by atoms with Crippen LogP contribution in [0, 0.1) is 0 Å². The summed E-state index contributed by atoms with van der Waals surface area (Å²) < 4.78 is 5.25. The Morgan fingerprint density at radius 2 is 1.94 bits per heavy atom. The first-order valence-corrected chi connectivity index (χ1v) is 10.9. The number of unbranched alkanes of at least 4 members (excludes halogenated alkanes) is 1. The molecule has 3 N–H and O–H groups in total. The number of nitrogens with zero attached hydrogens (tertiary/aromatic N) is 1. The number of nitrogens with one attached hydrogen (secondary N) is 3. The third-order valence-electron chi connectivity index (χ3n) is 4.64. The van der Waals surface area contributed by atoms with E-state index in [0.29, 0.717) is 42.5 Å². The molecule has 1 aromatic heterocycles. The number of aromatic amines is 1. The molecule has 1 atom stereocenters. The average Bonchev–Trinajstić information content (AvgIpc) is 2.69. The second kappa shape index (κ2) is 11.5. The molecule has 31 heavy (non-hydrogen) atoms. The Balaban J connectivity index is 1.83. The number of ether oxygens (including phenoxy) is 1. The van der Waals surface area contributed by atoms with Crippen LogP contribution in [0.1, 0.15) is 65.6 Å². The number of fused-ring (bicyclic) bond motifs is 1. The molecule has 8 heteroatoms. The minimum Gasteiger partial charge on any atom is -0.444 e. The zero-order valence-electron chi connectivity index (χ0n) is 18.9. The summed E-state index contributed by atoms with van der Waals surface area (Å²) >= 11 is 0. The van der Waals surface area contributed by atoms with Crippen LogP contribution in [0.5, 0.6) is 0 Å². The van der Waals surface area contributed by atoms with Gasteiger partial charge in [0.15, 0.2) is 0 Å². The van der Waals surface area contributed by atoms with Gasteiger partial charge >= 0.3 is 6.09 Å². The molecule has 0 aliphatic rings. The Morgan fingerprint density at radius 1 is 1.19 bits per heavy atom. The first-order chi connectivity index (χ1) is 14.7. The van der Waals surface area contributed by atoms with E-state index in [-0.39, 0.29) is 17.5 Å². The van der Waals surface area contributed by atoms with Crippen molar-refractivity contribution in [2.75, 3.05) is 6.54 Å². The Hall–Kier alpha value is -2.90. The number of amides is 2. The Kier molecular flexibility index (Phi) is 9.03. The molecule has 0 aliphatic heterocycles. The van der Waals surface area contributed by atoms with Crippen molar-refractivity contribution in [1.82, 2.24) is 20.6 Å². The number of aromatic nitrogens is 2. The lowest BCUT2D eigenvalue weighted by molar-refractivity contribution is -0.121. The first-order valence-electron chi connectivity index (χ1n) is 10.9.